The summed E-state index contributed by atoms with van der Waals surface area (Å²) in [6.07, 6.45) is 6.91. The maximum atomic E-state index is 12.9. The van der Waals surface area contributed by atoms with Crippen molar-refractivity contribution in [2.24, 2.45) is 0 Å². The van der Waals surface area contributed by atoms with Gasteiger partial charge in [0.15, 0.2) is 5.82 Å². The fraction of sp³-hybridized carbons (Fsp3) is 0.278. The number of para-hydroxylation sites is 1. The number of nitrogens with one attached hydrogen (secondary N) is 1. The van der Waals surface area contributed by atoms with E-state index in [1.165, 1.54) is 0 Å². The normalized spacial score (nSPS) is 17.1. The molecule has 26 heavy (non-hydrogen) atoms. The van der Waals surface area contributed by atoms with Crippen molar-refractivity contribution < 1.29 is 4.79 Å². The molecule has 1 N–H and O–H groups in total. The van der Waals surface area contributed by atoms with Crippen molar-refractivity contribution in [3.8, 4) is 5.69 Å². The van der Waals surface area contributed by atoms with Crippen LogP contribution < -0.4 is 10.2 Å². The fourth-order valence-corrected chi connectivity index (χ4v) is 3.23. The van der Waals surface area contributed by atoms with E-state index in [1.807, 2.05) is 30.3 Å². The first-order valence-electron chi connectivity index (χ1n) is 8.60. The lowest BCUT2D eigenvalue weighted by molar-refractivity contribution is 0.0933. The predicted molar refractivity (Wildman–Crippen MR) is 96.1 cm³/mol. The van der Waals surface area contributed by atoms with Crippen molar-refractivity contribution >= 4 is 11.7 Å². The largest absolute Gasteiger partial charge is 0.353 e. The van der Waals surface area contributed by atoms with Crippen LogP contribution >= 0.6 is 0 Å². The first-order chi connectivity index (χ1) is 12.8. The second-order valence-electron chi connectivity index (χ2n) is 6.21. The standard InChI is InChI=1S/C18H19N7O/c26-18(15-6-1-2-7-16(15)25-12-10-20-23-25)21-14-5-4-11-24(13-14)17-8-3-9-19-22-17/h1-3,6-10,12,14H,4-5,11,13H2,(H,21,26). The second kappa shape index (κ2) is 7.30. The summed E-state index contributed by atoms with van der Waals surface area (Å²) in [6, 6.07) is 11.3. The van der Waals surface area contributed by atoms with Gasteiger partial charge in [0.1, 0.15) is 0 Å². The van der Waals surface area contributed by atoms with Crippen molar-refractivity contribution in [1.82, 2.24) is 30.5 Å². The molecule has 1 amide bonds. The topological polar surface area (TPSA) is 88.8 Å². The van der Waals surface area contributed by atoms with Gasteiger partial charge in [0.05, 0.1) is 23.6 Å². The molecule has 2 aromatic heterocycles. The summed E-state index contributed by atoms with van der Waals surface area (Å²) in [5.41, 5.74) is 1.29. The molecular formula is C18H19N7O. The Kier molecular flexibility index (Phi) is 4.55. The van der Waals surface area contributed by atoms with Gasteiger partial charge < -0.3 is 10.2 Å². The first kappa shape index (κ1) is 16.2. The number of hydrogen-bond acceptors (Lipinski definition) is 6. The van der Waals surface area contributed by atoms with E-state index in [4.69, 9.17) is 0 Å². The molecule has 0 aliphatic carbocycles. The summed E-state index contributed by atoms with van der Waals surface area (Å²) in [4.78, 5) is 15.0. The van der Waals surface area contributed by atoms with Gasteiger partial charge in [0, 0.05) is 25.3 Å². The number of rotatable bonds is 4. The van der Waals surface area contributed by atoms with E-state index >= 15 is 0 Å². The molecule has 1 unspecified atom stereocenters. The molecule has 8 heteroatoms. The molecule has 1 fully saturated rings. The molecule has 4 rings (SSSR count). The van der Waals surface area contributed by atoms with Gasteiger partial charge in [-0.15, -0.1) is 10.2 Å². The summed E-state index contributed by atoms with van der Waals surface area (Å²) in [5, 5.41) is 19.1. The van der Waals surface area contributed by atoms with Crippen molar-refractivity contribution in [2.75, 3.05) is 18.0 Å². The van der Waals surface area contributed by atoms with Crippen LogP contribution in [0.15, 0.2) is 55.0 Å². The molecule has 1 aliphatic rings. The van der Waals surface area contributed by atoms with Gasteiger partial charge in [-0.2, -0.15) is 5.10 Å². The Morgan fingerprint density at radius 2 is 2.04 bits per heavy atom. The number of carbonyl (C=O) groups excluding carboxylic acids is 1. The van der Waals surface area contributed by atoms with Crippen LogP contribution in [0.5, 0.6) is 0 Å². The minimum atomic E-state index is -0.109. The zero-order valence-corrected chi connectivity index (χ0v) is 14.2. The summed E-state index contributed by atoms with van der Waals surface area (Å²) in [6.45, 7) is 1.64. The third kappa shape index (κ3) is 3.39. The molecule has 1 aromatic carbocycles. The van der Waals surface area contributed by atoms with E-state index < -0.39 is 0 Å². The minimum Gasteiger partial charge on any atom is -0.353 e. The molecule has 1 saturated heterocycles. The summed E-state index contributed by atoms with van der Waals surface area (Å²) >= 11 is 0. The number of amides is 1. The lowest BCUT2D eigenvalue weighted by atomic mass is 10.0. The van der Waals surface area contributed by atoms with E-state index in [0.29, 0.717) is 11.3 Å². The molecule has 132 valence electrons. The molecule has 8 nitrogen and oxygen atoms in total. The van der Waals surface area contributed by atoms with E-state index in [1.54, 1.807) is 29.3 Å². The van der Waals surface area contributed by atoms with Crippen molar-refractivity contribution in [3.05, 3.63) is 60.6 Å². The molecule has 0 spiro atoms. The molecule has 0 bridgehead atoms. The van der Waals surface area contributed by atoms with E-state index in [9.17, 15) is 4.79 Å². The number of nitrogens with zero attached hydrogens (tertiary/aromatic N) is 6. The van der Waals surface area contributed by atoms with Gasteiger partial charge in [0.25, 0.3) is 5.91 Å². The van der Waals surface area contributed by atoms with Gasteiger partial charge in [-0.05, 0) is 37.1 Å². The highest BCUT2D eigenvalue weighted by Gasteiger charge is 2.24. The zero-order valence-electron chi connectivity index (χ0n) is 14.2. The maximum absolute atomic E-state index is 12.9. The van der Waals surface area contributed by atoms with Crippen LogP contribution in [-0.4, -0.2) is 50.2 Å². The smallest absolute Gasteiger partial charge is 0.253 e. The summed E-state index contributed by atoms with van der Waals surface area (Å²) in [7, 11) is 0. The minimum absolute atomic E-state index is 0.0575. The average Bonchev–Trinajstić information content (AvgIpc) is 3.23. The highest BCUT2D eigenvalue weighted by atomic mass is 16.1. The van der Waals surface area contributed by atoms with Crippen molar-refractivity contribution in [3.63, 3.8) is 0 Å². The van der Waals surface area contributed by atoms with E-state index in [-0.39, 0.29) is 11.9 Å². The number of benzene rings is 1. The van der Waals surface area contributed by atoms with Gasteiger partial charge in [-0.25, -0.2) is 4.68 Å². The lowest BCUT2D eigenvalue weighted by Crippen LogP contribution is -2.48. The Hall–Kier alpha value is -3.29. The van der Waals surface area contributed by atoms with Gasteiger partial charge in [-0.1, -0.05) is 17.3 Å². The van der Waals surface area contributed by atoms with Crippen LogP contribution in [0, 0.1) is 0 Å². The molecule has 0 saturated carbocycles. The number of aromatic nitrogens is 5. The van der Waals surface area contributed by atoms with Crippen LogP contribution in [0.25, 0.3) is 5.69 Å². The highest BCUT2D eigenvalue weighted by Crippen LogP contribution is 2.18. The Morgan fingerprint density at radius 3 is 2.85 bits per heavy atom. The van der Waals surface area contributed by atoms with Crippen molar-refractivity contribution in [1.29, 1.82) is 0 Å². The van der Waals surface area contributed by atoms with Gasteiger partial charge in [0.2, 0.25) is 0 Å². The Balaban J connectivity index is 1.49. The van der Waals surface area contributed by atoms with Crippen LogP contribution in [0.3, 0.4) is 0 Å². The molecule has 3 heterocycles. The highest BCUT2D eigenvalue weighted by molar-refractivity contribution is 5.97. The fourth-order valence-electron chi connectivity index (χ4n) is 3.23. The molecule has 0 radical (unpaired) electrons. The van der Waals surface area contributed by atoms with Gasteiger partial charge in [-0.3, -0.25) is 4.79 Å². The summed E-state index contributed by atoms with van der Waals surface area (Å²) in [5.74, 6) is 0.733. The number of anilines is 1. The van der Waals surface area contributed by atoms with Gasteiger partial charge >= 0.3 is 0 Å². The zero-order chi connectivity index (χ0) is 17.8. The maximum Gasteiger partial charge on any atom is 0.253 e. The predicted octanol–water partition coefficient (Wildman–Crippen LogP) is 1.46. The molecule has 1 aliphatic heterocycles. The number of piperidine rings is 1. The van der Waals surface area contributed by atoms with Crippen LogP contribution in [0.2, 0.25) is 0 Å². The van der Waals surface area contributed by atoms with Crippen LogP contribution in [0.1, 0.15) is 23.2 Å². The third-order valence-electron chi connectivity index (χ3n) is 4.46. The molecule has 3 aromatic rings. The summed E-state index contributed by atoms with van der Waals surface area (Å²) < 4.78 is 1.60. The second-order valence-corrected chi connectivity index (χ2v) is 6.21. The van der Waals surface area contributed by atoms with E-state index in [0.717, 1.165) is 31.7 Å². The third-order valence-corrected chi connectivity index (χ3v) is 4.46. The Morgan fingerprint density at radius 1 is 1.12 bits per heavy atom. The Bertz CT molecular complexity index is 866. The lowest BCUT2D eigenvalue weighted by Gasteiger charge is -2.33. The average molecular weight is 349 g/mol. The first-order valence-corrected chi connectivity index (χ1v) is 8.60. The SMILES string of the molecule is O=C(NC1CCCN(c2cccnn2)C1)c1ccccc1-n1ccnn1. The van der Waals surface area contributed by atoms with Crippen LogP contribution in [0.4, 0.5) is 5.82 Å². The molecule has 1 atom stereocenters. The quantitative estimate of drug-likeness (QED) is 0.767. The number of hydrogen-bond donors (Lipinski definition) is 1. The molecular weight excluding hydrogens is 330 g/mol. The van der Waals surface area contributed by atoms with Crippen molar-refractivity contribution in [2.45, 2.75) is 18.9 Å². The van der Waals surface area contributed by atoms with E-state index in [2.05, 4.69) is 30.7 Å². The Labute approximate surface area is 150 Å². The number of carbonyl (C=O) groups is 1. The van der Waals surface area contributed by atoms with Crippen LogP contribution in [-0.2, 0) is 0 Å². The monoisotopic (exact) mass is 349 g/mol.